The van der Waals surface area contributed by atoms with Crippen molar-refractivity contribution >= 4 is 17.3 Å². The molecule has 0 unspecified atom stereocenters. The first-order valence-corrected chi connectivity index (χ1v) is 7.99. The van der Waals surface area contributed by atoms with Gasteiger partial charge >= 0.3 is 0 Å². The van der Waals surface area contributed by atoms with Gasteiger partial charge in [0.2, 0.25) is 0 Å². The minimum atomic E-state index is 0.604. The largest absolute Gasteiger partial charge is 0.496 e. The first kappa shape index (κ1) is 16.3. The summed E-state index contributed by atoms with van der Waals surface area (Å²) in [5.74, 6) is 1.66. The van der Waals surface area contributed by atoms with Crippen LogP contribution >= 0.6 is 11.3 Å². The maximum atomic E-state index is 5.43. The molecule has 0 amide bonds. The quantitative estimate of drug-likeness (QED) is 0.657. The Labute approximate surface area is 135 Å². The molecule has 6 heteroatoms. The van der Waals surface area contributed by atoms with Gasteiger partial charge in [-0.2, -0.15) is 0 Å². The van der Waals surface area contributed by atoms with Crippen LogP contribution in [0.5, 0.6) is 5.75 Å². The third-order valence-electron chi connectivity index (χ3n) is 3.41. The first-order valence-electron chi connectivity index (χ1n) is 7.11. The van der Waals surface area contributed by atoms with E-state index in [4.69, 9.17) is 4.74 Å². The van der Waals surface area contributed by atoms with Crippen molar-refractivity contribution in [3.05, 3.63) is 45.4 Å². The molecule has 0 bridgehead atoms. The number of hydrogen-bond acceptors (Lipinski definition) is 4. The van der Waals surface area contributed by atoms with Gasteiger partial charge in [-0.05, 0) is 25.3 Å². The highest BCUT2D eigenvalue weighted by atomic mass is 32.1. The van der Waals surface area contributed by atoms with E-state index in [9.17, 15) is 0 Å². The highest BCUT2D eigenvalue weighted by molar-refractivity contribution is 7.09. The number of thiophene rings is 1. The molecule has 0 fully saturated rings. The minimum Gasteiger partial charge on any atom is -0.496 e. The van der Waals surface area contributed by atoms with Gasteiger partial charge in [-0.1, -0.05) is 6.07 Å². The zero-order valence-electron chi connectivity index (χ0n) is 13.4. The number of guanidine groups is 1. The molecule has 0 aromatic carbocycles. The van der Waals surface area contributed by atoms with Gasteiger partial charge in [0, 0.05) is 29.2 Å². The number of nitrogens with one attached hydrogen (secondary N) is 2. The van der Waals surface area contributed by atoms with Gasteiger partial charge in [0.1, 0.15) is 5.75 Å². The maximum Gasteiger partial charge on any atom is 0.191 e. The van der Waals surface area contributed by atoms with Crippen LogP contribution in [0, 0.1) is 13.8 Å². The van der Waals surface area contributed by atoms with Crippen molar-refractivity contribution in [2.75, 3.05) is 14.2 Å². The van der Waals surface area contributed by atoms with E-state index < -0.39 is 0 Å². The minimum absolute atomic E-state index is 0.604. The lowest BCUT2D eigenvalue weighted by molar-refractivity contribution is 0.406. The summed E-state index contributed by atoms with van der Waals surface area (Å²) in [6.45, 7) is 5.39. The number of nitrogens with zero attached hydrogens (tertiary/aromatic N) is 2. The van der Waals surface area contributed by atoms with Crippen LogP contribution in [0.2, 0.25) is 0 Å². The Hall–Kier alpha value is -2.08. The Kier molecular flexibility index (Phi) is 5.77. The normalized spacial score (nSPS) is 11.4. The molecule has 0 radical (unpaired) electrons. The lowest BCUT2D eigenvalue weighted by Gasteiger charge is -2.14. The second-order valence-corrected chi connectivity index (χ2v) is 5.94. The standard InChI is InChI=1S/C16H22N4OS/c1-11-8-18-14(12(2)15(11)21-4)10-20-16(17-3)19-9-13-6-5-7-22-13/h5-8H,9-10H2,1-4H3,(H2,17,19,20). The molecular weight excluding hydrogens is 296 g/mol. The molecule has 0 spiro atoms. The van der Waals surface area contributed by atoms with Crippen LogP contribution in [-0.2, 0) is 13.1 Å². The molecule has 2 rings (SSSR count). The summed E-state index contributed by atoms with van der Waals surface area (Å²) in [5.41, 5.74) is 3.06. The van der Waals surface area contributed by atoms with Crippen molar-refractivity contribution in [1.29, 1.82) is 0 Å². The van der Waals surface area contributed by atoms with Crippen molar-refractivity contribution in [2.24, 2.45) is 4.99 Å². The van der Waals surface area contributed by atoms with Crippen molar-refractivity contribution in [1.82, 2.24) is 15.6 Å². The van der Waals surface area contributed by atoms with Crippen molar-refractivity contribution in [2.45, 2.75) is 26.9 Å². The number of aliphatic imine (C=N–C) groups is 1. The van der Waals surface area contributed by atoms with Gasteiger partial charge in [0.05, 0.1) is 25.9 Å². The third-order valence-corrected chi connectivity index (χ3v) is 4.28. The van der Waals surface area contributed by atoms with Crippen LogP contribution in [-0.4, -0.2) is 25.1 Å². The van der Waals surface area contributed by atoms with Crippen LogP contribution < -0.4 is 15.4 Å². The molecule has 0 aliphatic rings. The van der Waals surface area contributed by atoms with E-state index >= 15 is 0 Å². The van der Waals surface area contributed by atoms with Crippen LogP contribution in [0.3, 0.4) is 0 Å². The first-order chi connectivity index (χ1) is 10.7. The van der Waals surface area contributed by atoms with Gasteiger partial charge in [0.25, 0.3) is 0 Å². The number of rotatable bonds is 5. The van der Waals surface area contributed by atoms with Crippen molar-refractivity contribution < 1.29 is 4.74 Å². The zero-order chi connectivity index (χ0) is 15.9. The van der Waals surface area contributed by atoms with E-state index in [0.717, 1.165) is 35.1 Å². The highest BCUT2D eigenvalue weighted by Crippen LogP contribution is 2.23. The summed E-state index contributed by atoms with van der Waals surface area (Å²) in [6.07, 6.45) is 1.84. The number of aromatic nitrogens is 1. The summed E-state index contributed by atoms with van der Waals surface area (Å²) >= 11 is 1.72. The molecule has 0 atom stereocenters. The Morgan fingerprint density at radius 2 is 2.09 bits per heavy atom. The number of aryl methyl sites for hydroxylation is 1. The van der Waals surface area contributed by atoms with Gasteiger partial charge in [-0.25, -0.2) is 0 Å². The fraction of sp³-hybridized carbons (Fsp3) is 0.375. The van der Waals surface area contributed by atoms with Crippen molar-refractivity contribution in [3.63, 3.8) is 0 Å². The third kappa shape index (κ3) is 3.98. The topological polar surface area (TPSA) is 58.5 Å². The van der Waals surface area contributed by atoms with Gasteiger partial charge in [-0.3, -0.25) is 9.98 Å². The SMILES string of the molecule is CN=C(NCc1cccs1)NCc1ncc(C)c(OC)c1C. The van der Waals surface area contributed by atoms with E-state index in [0.29, 0.717) is 6.54 Å². The van der Waals surface area contributed by atoms with E-state index in [-0.39, 0.29) is 0 Å². The van der Waals surface area contributed by atoms with Crippen LogP contribution in [0.15, 0.2) is 28.7 Å². The molecule has 22 heavy (non-hydrogen) atoms. The van der Waals surface area contributed by atoms with Gasteiger partial charge < -0.3 is 15.4 Å². The smallest absolute Gasteiger partial charge is 0.191 e. The summed E-state index contributed by atoms with van der Waals surface area (Å²) in [7, 11) is 3.45. The van der Waals surface area contributed by atoms with Crippen LogP contribution in [0.25, 0.3) is 0 Å². The fourth-order valence-corrected chi connectivity index (χ4v) is 2.87. The average Bonchev–Trinajstić information content (AvgIpc) is 3.03. The van der Waals surface area contributed by atoms with Gasteiger partial charge in [-0.15, -0.1) is 11.3 Å². The number of hydrogen-bond donors (Lipinski definition) is 2. The molecule has 5 nitrogen and oxygen atoms in total. The second-order valence-electron chi connectivity index (χ2n) is 4.90. The lowest BCUT2D eigenvalue weighted by atomic mass is 10.1. The van der Waals surface area contributed by atoms with E-state index in [1.807, 2.05) is 26.1 Å². The highest BCUT2D eigenvalue weighted by Gasteiger charge is 2.09. The average molecular weight is 318 g/mol. The molecule has 0 aliphatic heterocycles. The zero-order valence-corrected chi connectivity index (χ0v) is 14.3. The monoisotopic (exact) mass is 318 g/mol. The molecule has 2 N–H and O–H groups in total. The molecular formula is C16H22N4OS. The second kappa shape index (κ2) is 7.79. The Balaban J connectivity index is 1.96. The van der Waals surface area contributed by atoms with E-state index in [2.05, 4.69) is 32.1 Å². The number of methoxy groups -OCH3 is 1. The number of pyridine rings is 1. The van der Waals surface area contributed by atoms with Crippen LogP contribution in [0.4, 0.5) is 0 Å². The maximum absolute atomic E-state index is 5.43. The Bertz CT molecular complexity index is 638. The molecule has 118 valence electrons. The van der Waals surface area contributed by atoms with Crippen molar-refractivity contribution in [3.8, 4) is 5.75 Å². The molecule has 0 aliphatic carbocycles. The predicted molar refractivity (Wildman–Crippen MR) is 91.6 cm³/mol. The molecule has 0 saturated carbocycles. The molecule has 2 heterocycles. The molecule has 0 saturated heterocycles. The Morgan fingerprint density at radius 3 is 2.73 bits per heavy atom. The van der Waals surface area contributed by atoms with E-state index in [1.54, 1.807) is 25.5 Å². The molecule has 2 aromatic heterocycles. The predicted octanol–water partition coefficient (Wildman–Crippen LogP) is 2.63. The van der Waals surface area contributed by atoms with Crippen LogP contribution in [0.1, 0.15) is 21.7 Å². The summed E-state index contributed by atoms with van der Waals surface area (Å²) in [5, 5.41) is 8.65. The summed E-state index contributed by atoms with van der Waals surface area (Å²) < 4.78 is 5.43. The summed E-state index contributed by atoms with van der Waals surface area (Å²) in [6, 6.07) is 4.14. The number of ether oxygens (including phenoxy) is 1. The molecule has 2 aromatic rings. The van der Waals surface area contributed by atoms with E-state index in [1.165, 1.54) is 4.88 Å². The Morgan fingerprint density at radius 1 is 1.32 bits per heavy atom. The fourth-order valence-electron chi connectivity index (χ4n) is 2.22. The van der Waals surface area contributed by atoms with Gasteiger partial charge in [0.15, 0.2) is 5.96 Å². The summed E-state index contributed by atoms with van der Waals surface area (Å²) in [4.78, 5) is 9.98. The lowest BCUT2D eigenvalue weighted by Crippen LogP contribution is -2.36.